The minimum atomic E-state index is 0.248. The van der Waals surface area contributed by atoms with Crippen LogP contribution in [-0.2, 0) is 4.79 Å². The number of nitrogens with one attached hydrogen (secondary N) is 1. The first kappa shape index (κ1) is 15.4. The molecule has 1 saturated heterocycles. The average Bonchev–Trinajstić information content (AvgIpc) is 2.90. The molecule has 1 N–H and O–H groups in total. The number of hydrogen-bond donors (Lipinski definition) is 1. The zero-order chi connectivity index (χ0) is 14.5. The quantitative estimate of drug-likeness (QED) is 0.874. The molecule has 0 saturated carbocycles. The molecule has 0 spiro atoms. The number of nitrogens with zero attached hydrogens (tertiary/aromatic N) is 1. The van der Waals surface area contributed by atoms with Crippen molar-refractivity contribution < 1.29 is 4.79 Å². The summed E-state index contributed by atoms with van der Waals surface area (Å²) in [6.45, 7) is 6.28. The van der Waals surface area contributed by atoms with E-state index in [9.17, 15) is 4.79 Å². The van der Waals surface area contributed by atoms with E-state index in [0.717, 1.165) is 25.2 Å². The van der Waals surface area contributed by atoms with Crippen LogP contribution in [0.2, 0.25) is 0 Å². The van der Waals surface area contributed by atoms with Gasteiger partial charge in [-0.3, -0.25) is 4.79 Å². The van der Waals surface area contributed by atoms with Crippen LogP contribution in [0.15, 0.2) is 24.3 Å². The minimum absolute atomic E-state index is 0.248. The summed E-state index contributed by atoms with van der Waals surface area (Å²) in [4.78, 5) is 13.6. The van der Waals surface area contributed by atoms with E-state index in [1.165, 1.54) is 5.56 Å². The van der Waals surface area contributed by atoms with Gasteiger partial charge in [-0.1, -0.05) is 19.1 Å². The van der Waals surface area contributed by atoms with E-state index in [1.54, 1.807) is 0 Å². The van der Waals surface area contributed by atoms with Gasteiger partial charge in [0.2, 0.25) is 5.91 Å². The Labute approximate surface area is 126 Å². The van der Waals surface area contributed by atoms with Crippen molar-refractivity contribution in [2.75, 3.05) is 24.2 Å². The third kappa shape index (κ3) is 3.76. The van der Waals surface area contributed by atoms with Crippen LogP contribution >= 0.6 is 11.8 Å². The van der Waals surface area contributed by atoms with Crippen molar-refractivity contribution in [2.24, 2.45) is 0 Å². The highest BCUT2D eigenvalue weighted by Crippen LogP contribution is 2.23. The minimum Gasteiger partial charge on any atom is -0.312 e. The Hall–Kier alpha value is -1.00. The van der Waals surface area contributed by atoms with E-state index >= 15 is 0 Å². The molecule has 1 aliphatic heterocycles. The van der Waals surface area contributed by atoms with Crippen molar-refractivity contribution in [3.05, 3.63) is 29.8 Å². The van der Waals surface area contributed by atoms with E-state index < -0.39 is 0 Å². The molecule has 2 atom stereocenters. The van der Waals surface area contributed by atoms with Crippen LogP contribution in [0.3, 0.4) is 0 Å². The van der Waals surface area contributed by atoms with Crippen LogP contribution in [0, 0.1) is 0 Å². The maximum Gasteiger partial charge on any atom is 0.227 e. The van der Waals surface area contributed by atoms with Crippen LogP contribution in [-0.4, -0.2) is 30.5 Å². The predicted molar refractivity (Wildman–Crippen MR) is 87.4 cm³/mol. The standard InChI is InChI=1S/C16H24N2OS/c1-12(20-3)11-17-13(2)14-6-8-15(9-7-14)18-10-4-5-16(18)19/h6-9,12-13,17H,4-5,10-11H2,1-3H3/t12-,13+/m1/s1. The molecule has 1 fully saturated rings. The number of rotatable bonds is 6. The van der Waals surface area contributed by atoms with Crippen molar-refractivity contribution >= 4 is 23.4 Å². The van der Waals surface area contributed by atoms with Gasteiger partial charge in [-0.2, -0.15) is 11.8 Å². The molecule has 20 heavy (non-hydrogen) atoms. The van der Waals surface area contributed by atoms with Crippen LogP contribution in [0.25, 0.3) is 0 Å². The maximum atomic E-state index is 11.7. The summed E-state index contributed by atoms with van der Waals surface area (Å²) >= 11 is 1.87. The number of anilines is 1. The fourth-order valence-electron chi connectivity index (χ4n) is 2.41. The molecule has 1 heterocycles. The Balaban J connectivity index is 1.95. The van der Waals surface area contributed by atoms with Crippen molar-refractivity contribution in [3.63, 3.8) is 0 Å². The van der Waals surface area contributed by atoms with Gasteiger partial charge < -0.3 is 10.2 Å². The van der Waals surface area contributed by atoms with E-state index in [0.29, 0.717) is 17.7 Å². The summed E-state index contributed by atoms with van der Waals surface area (Å²) in [5.41, 5.74) is 2.30. The lowest BCUT2D eigenvalue weighted by atomic mass is 10.1. The molecule has 0 radical (unpaired) electrons. The van der Waals surface area contributed by atoms with Crippen LogP contribution in [0.4, 0.5) is 5.69 Å². The predicted octanol–water partition coefficient (Wildman–Crippen LogP) is 3.22. The summed E-state index contributed by atoms with van der Waals surface area (Å²) in [5.74, 6) is 0.248. The van der Waals surface area contributed by atoms with Gasteiger partial charge in [0.15, 0.2) is 0 Å². The molecule has 4 heteroatoms. The van der Waals surface area contributed by atoms with Gasteiger partial charge in [-0.25, -0.2) is 0 Å². The van der Waals surface area contributed by atoms with Gasteiger partial charge in [-0.05, 0) is 37.3 Å². The van der Waals surface area contributed by atoms with Gasteiger partial charge in [-0.15, -0.1) is 0 Å². The largest absolute Gasteiger partial charge is 0.312 e. The van der Waals surface area contributed by atoms with E-state index in [2.05, 4.69) is 49.7 Å². The number of carbonyl (C=O) groups excluding carboxylic acids is 1. The van der Waals surface area contributed by atoms with E-state index in [1.807, 2.05) is 16.7 Å². The van der Waals surface area contributed by atoms with Crippen LogP contribution in [0.1, 0.15) is 38.3 Å². The molecule has 0 unspecified atom stereocenters. The fraction of sp³-hybridized carbons (Fsp3) is 0.562. The summed E-state index contributed by atoms with van der Waals surface area (Å²) < 4.78 is 0. The normalized spacial score (nSPS) is 18.4. The van der Waals surface area contributed by atoms with Gasteiger partial charge in [0.1, 0.15) is 0 Å². The lowest BCUT2D eigenvalue weighted by molar-refractivity contribution is -0.117. The van der Waals surface area contributed by atoms with E-state index in [-0.39, 0.29) is 5.91 Å². The highest BCUT2D eigenvalue weighted by molar-refractivity contribution is 7.99. The molecule has 0 aromatic heterocycles. The van der Waals surface area contributed by atoms with Gasteiger partial charge >= 0.3 is 0 Å². The van der Waals surface area contributed by atoms with Crippen molar-refractivity contribution in [1.82, 2.24) is 5.32 Å². The molecular formula is C16H24N2OS. The van der Waals surface area contributed by atoms with Crippen molar-refractivity contribution in [1.29, 1.82) is 0 Å². The Kier molecular flexibility index (Phi) is 5.49. The van der Waals surface area contributed by atoms with Crippen LogP contribution in [0.5, 0.6) is 0 Å². The maximum absolute atomic E-state index is 11.7. The molecule has 0 aliphatic carbocycles. The topological polar surface area (TPSA) is 32.3 Å². The summed E-state index contributed by atoms with van der Waals surface area (Å²) in [5, 5.41) is 4.17. The Morgan fingerprint density at radius 2 is 2.00 bits per heavy atom. The third-order valence-electron chi connectivity index (χ3n) is 3.89. The molecule has 1 aromatic rings. The summed E-state index contributed by atoms with van der Waals surface area (Å²) in [7, 11) is 0. The first-order chi connectivity index (χ1) is 9.61. The lowest BCUT2D eigenvalue weighted by Crippen LogP contribution is -2.26. The highest BCUT2D eigenvalue weighted by atomic mass is 32.2. The first-order valence-corrected chi connectivity index (χ1v) is 8.57. The third-order valence-corrected chi connectivity index (χ3v) is 4.86. The van der Waals surface area contributed by atoms with Gasteiger partial charge in [0.05, 0.1) is 0 Å². The number of benzene rings is 1. The SMILES string of the molecule is CS[C@H](C)CN[C@@H](C)c1ccc(N2CCCC2=O)cc1. The van der Waals surface area contributed by atoms with Crippen molar-refractivity contribution in [3.8, 4) is 0 Å². The monoisotopic (exact) mass is 292 g/mol. The second-order valence-corrected chi connectivity index (χ2v) is 6.69. The second kappa shape index (κ2) is 7.14. The zero-order valence-corrected chi connectivity index (χ0v) is 13.4. The lowest BCUT2D eigenvalue weighted by Gasteiger charge is -2.19. The molecule has 1 amide bonds. The fourth-order valence-corrected chi connectivity index (χ4v) is 2.67. The summed E-state index contributed by atoms with van der Waals surface area (Å²) in [6, 6.07) is 8.72. The molecule has 1 aromatic carbocycles. The summed E-state index contributed by atoms with van der Waals surface area (Å²) in [6.07, 6.45) is 3.80. The Bertz CT molecular complexity index is 446. The molecule has 2 rings (SSSR count). The first-order valence-electron chi connectivity index (χ1n) is 7.28. The zero-order valence-electron chi connectivity index (χ0n) is 12.6. The molecule has 0 bridgehead atoms. The smallest absolute Gasteiger partial charge is 0.227 e. The average molecular weight is 292 g/mol. The Morgan fingerprint density at radius 1 is 1.30 bits per heavy atom. The molecular weight excluding hydrogens is 268 g/mol. The number of amides is 1. The molecule has 1 aliphatic rings. The highest BCUT2D eigenvalue weighted by Gasteiger charge is 2.21. The number of carbonyl (C=O) groups is 1. The van der Waals surface area contributed by atoms with Crippen molar-refractivity contribution in [2.45, 2.75) is 38.0 Å². The van der Waals surface area contributed by atoms with Gasteiger partial charge in [0, 0.05) is 36.5 Å². The second-order valence-electron chi connectivity index (χ2n) is 5.42. The number of thioether (sulfide) groups is 1. The van der Waals surface area contributed by atoms with E-state index in [4.69, 9.17) is 0 Å². The Morgan fingerprint density at radius 3 is 2.55 bits per heavy atom. The van der Waals surface area contributed by atoms with Crippen LogP contribution < -0.4 is 10.2 Å². The molecule has 110 valence electrons. The van der Waals surface area contributed by atoms with Gasteiger partial charge in [0.25, 0.3) is 0 Å². The number of hydrogen-bond acceptors (Lipinski definition) is 3. The molecule has 3 nitrogen and oxygen atoms in total.